The third kappa shape index (κ3) is 3.64. The van der Waals surface area contributed by atoms with Gasteiger partial charge in [-0.15, -0.1) is 10.2 Å². The Kier molecular flexibility index (Phi) is 4.77. The van der Waals surface area contributed by atoms with Crippen molar-refractivity contribution in [2.45, 2.75) is 30.7 Å². The molecular formula is C19H20N4O2S2. The van der Waals surface area contributed by atoms with Crippen molar-refractivity contribution in [3.05, 3.63) is 53.9 Å². The van der Waals surface area contributed by atoms with Gasteiger partial charge in [-0.25, -0.2) is 8.42 Å². The Morgan fingerprint density at radius 1 is 1.07 bits per heavy atom. The lowest BCUT2D eigenvalue weighted by atomic mass is 10.1. The molecule has 0 radical (unpaired) electrons. The van der Waals surface area contributed by atoms with Crippen LogP contribution in [0.3, 0.4) is 0 Å². The molecular weight excluding hydrogens is 380 g/mol. The number of nitrogens with zero attached hydrogens (tertiary/aromatic N) is 4. The van der Waals surface area contributed by atoms with Gasteiger partial charge in [0.2, 0.25) is 0 Å². The molecule has 0 spiro atoms. The summed E-state index contributed by atoms with van der Waals surface area (Å²) in [5, 5.41) is 9.59. The summed E-state index contributed by atoms with van der Waals surface area (Å²) in [5.74, 6) is 1.18. The first-order chi connectivity index (χ1) is 12.9. The van der Waals surface area contributed by atoms with E-state index in [1.54, 1.807) is 12.4 Å². The molecule has 0 bridgehead atoms. The van der Waals surface area contributed by atoms with Gasteiger partial charge in [0.15, 0.2) is 20.8 Å². The number of thioether (sulfide) groups is 1. The zero-order chi connectivity index (χ0) is 19.0. The molecule has 1 atom stereocenters. The SMILES string of the molecule is Cc1cccc(C)c1-n1c(SC2CCS(=O)(=O)C2)nnc1-c1ccncc1. The maximum Gasteiger partial charge on any atom is 0.196 e. The smallest absolute Gasteiger partial charge is 0.196 e. The molecule has 3 aromatic rings. The molecule has 1 unspecified atom stereocenters. The van der Waals surface area contributed by atoms with E-state index in [4.69, 9.17) is 0 Å². The summed E-state index contributed by atoms with van der Waals surface area (Å²) in [4.78, 5) is 4.09. The van der Waals surface area contributed by atoms with Crippen LogP contribution in [-0.4, -0.2) is 44.9 Å². The average Bonchev–Trinajstić information content (AvgIpc) is 3.19. The number of hydrogen-bond donors (Lipinski definition) is 0. The van der Waals surface area contributed by atoms with E-state index in [-0.39, 0.29) is 16.8 Å². The van der Waals surface area contributed by atoms with Gasteiger partial charge < -0.3 is 0 Å². The number of rotatable bonds is 4. The molecule has 8 heteroatoms. The molecule has 3 heterocycles. The Morgan fingerprint density at radius 2 is 1.78 bits per heavy atom. The largest absolute Gasteiger partial charge is 0.269 e. The average molecular weight is 401 g/mol. The molecule has 1 fully saturated rings. The second-order valence-electron chi connectivity index (χ2n) is 6.76. The Labute approximate surface area is 163 Å². The highest BCUT2D eigenvalue weighted by Crippen LogP contribution is 2.35. The first kappa shape index (κ1) is 18.2. The van der Waals surface area contributed by atoms with Gasteiger partial charge in [-0.2, -0.15) is 0 Å². The van der Waals surface area contributed by atoms with Crippen molar-refractivity contribution in [3.63, 3.8) is 0 Å². The second-order valence-corrected chi connectivity index (χ2v) is 10.3. The van der Waals surface area contributed by atoms with Crippen LogP contribution in [0.5, 0.6) is 0 Å². The third-order valence-corrected chi connectivity index (χ3v) is 7.89. The molecule has 1 aromatic carbocycles. The van der Waals surface area contributed by atoms with Crippen LogP contribution in [-0.2, 0) is 9.84 Å². The summed E-state index contributed by atoms with van der Waals surface area (Å²) in [6, 6.07) is 9.96. The van der Waals surface area contributed by atoms with Crippen molar-refractivity contribution >= 4 is 21.6 Å². The van der Waals surface area contributed by atoms with Crippen LogP contribution >= 0.6 is 11.8 Å². The van der Waals surface area contributed by atoms with Crippen LogP contribution < -0.4 is 0 Å². The predicted molar refractivity (Wildman–Crippen MR) is 107 cm³/mol. The lowest BCUT2D eigenvalue weighted by Crippen LogP contribution is -2.09. The van der Waals surface area contributed by atoms with Crippen molar-refractivity contribution in [2.24, 2.45) is 0 Å². The van der Waals surface area contributed by atoms with Crippen LogP contribution in [0.25, 0.3) is 17.1 Å². The monoisotopic (exact) mass is 400 g/mol. The molecule has 0 amide bonds. The minimum absolute atomic E-state index is 0.00700. The lowest BCUT2D eigenvalue weighted by Gasteiger charge is -2.16. The zero-order valence-corrected chi connectivity index (χ0v) is 16.8. The van der Waals surface area contributed by atoms with Crippen molar-refractivity contribution in [1.29, 1.82) is 0 Å². The summed E-state index contributed by atoms with van der Waals surface area (Å²) in [7, 11) is -2.94. The summed E-state index contributed by atoms with van der Waals surface area (Å²) in [5.41, 5.74) is 4.20. The van der Waals surface area contributed by atoms with Crippen LogP contribution in [0.2, 0.25) is 0 Å². The van der Waals surface area contributed by atoms with Crippen LogP contribution in [0.1, 0.15) is 17.5 Å². The first-order valence-corrected chi connectivity index (χ1v) is 11.4. The van der Waals surface area contributed by atoms with Gasteiger partial charge in [-0.05, 0) is 43.5 Å². The number of aromatic nitrogens is 4. The van der Waals surface area contributed by atoms with Crippen LogP contribution in [0.15, 0.2) is 47.9 Å². The molecule has 27 heavy (non-hydrogen) atoms. The molecule has 2 aromatic heterocycles. The van der Waals surface area contributed by atoms with E-state index in [9.17, 15) is 8.42 Å². The highest BCUT2D eigenvalue weighted by atomic mass is 32.2. The van der Waals surface area contributed by atoms with Crippen molar-refractivity contribution in [1.82, 2.24) is 19.7 Å². The van der Waals surface area contributed by atoms with Crippen molar-refractivity contribution in [3.8, 4) is 17.1 Å². The quantitative estimate of drug-likeness (QED) is 0.669. The van der Waals surface area contributed by atoms with Gasteiger partial charge in [0.25, 0.3) is 0 Å². The normalized spacial score (nSPS) is 18.7. The molecule has 1 aliphatic heterocycles. The Balaban J connectivity index is 1.84. The van der Waals surface area contributed by atoms with Crippen LogP contribution in [0, 0.1) is 13.8 Å². The van der Waals surface area contributed by atoms with E-state index < -0.39 is 9.84 Å². The minimum Gasteiger partial charge on any atom is -0.269 e. The maximum atomic E-state index is 11.9. The van der Waals surface area contributed by atoms with E-state index in [0.29, 0.717) is 6.42 Å². The Hall–Kier alpha value is -2.19. The number of benzene rings is 1. The number of sulfone groups is 1. The Morgan fingerprint density at radius 3 is 2.41 bits per heavy atom. The number of aryl methyl sites for hydroxylation is 2. The van der Waals surface area contributed by atoms with Gasteiger partial charge in [0, 0.05) is 23.2 Å². The molecule has 140 valence electrons. The zero-order valence-electron chi connectivity index (χ0n) is 15.2. The molecule has 0 N–H and O–H groups in total. The fraction of sp³-hybridized carbons (Fsp3) is 0.316. The second kappa shape index (κ2) is 7.09. The topological polar surface area (TPSA) is 77.7 Å². The maximum absolute atomic E-state index is 11.9. The summed E-state index contributed by atoms with van der Waals surface area (Å²) in [6.45, 7) is 4.13. The predicted octanol–water partition coefficient (Wildman–Crippen LogP) is 3.23. The minimum atomic E-state index is -2.94. The van der Waals surface area contributed by atoms with Gasteiger partial charge >= 0.3 is 0 Å². The molecule has 1 aliphatic rings. The summed E-state index contributed by atoms with van der Waals surface area (Å²) < 4.78 is 25.8. The standard InChI is InChI=1S/C19H20N4O2S2/c1-13-4-3-5-14(2)17(13)23-18(15-6-9-20-10-7-15)21-22-19(23)26-16-8-11-27(24,25)12-16/h3-7,9-10,16H,8,11-12H2,1-2H3. The molecule has 0 saturated carbocycles. The van der Waals surface area contributed by atoms with E-state index >= 15 is 0 Å². The number of para-hydroxylation sites is 1. The molecule has 0 aliphatic carbocycles. The van der Waals surface area contributed by atoms with Gasteiger partial charge in [0.1, 0.15) is 0 Å². The van der Waals surface area contributed by atoms with E-state index in [2.05, 4.69) is 45.7 Å². The van der Waals surface area contributed by atoms with Crippen molar-refractivity contribution < 1.29 is 8.42 Å². The molecule has 4 rings (SSSR count). The number of hydrogen-bond acceptors (Lipinski definition) is 6. The molecule has 1 saturated heterocycles. The van der Waals surface area contributed by atoms with E-state index in [1.807, 2.05) is 18.2 Å². The van der Waals surface area contributed by atoms with Gasteiger partial charge in [-0.1, -0.05) is 30.0 Å². The summed E-state index contributed by atoms with van der Waals surface area (Å²) >= 11 is 1.50. The lowest BCUT2D eigenvalue weighted by molar-refractivity contribution is 0.602. The van der Waals surface area contributed by atoms with Gasteiger partial charge in [-0.3, -0.25) is 9.55 Å². The third-order valence-electron chi connectivity index (χ3n) is 4.70. The van der Waals surface area contributed by atoms with E-state index in [0.717, 1.165) is 33.4 Å². The van der Waals surface area contributed by atoms with Crippen LogP contribution in [0.4, 0.5) is 0 Å². The summed E-state index contributed by atoms with van der Waals surface area (Å²) in [6.07, 6.45) is 4.11. The fourth-order valence-electron chi connectivity index (χ4n) is 3.40. The highest BCUT2D eigenvalue weighted by Gasteiger charge is 2.31. The first-order valence-electron chi connectivity index (χ1n) is 8.74. The van der Waals surface area contributed by atoms with Crippen molar-refractivity contribution in [2.75, 3.05) is 11.5 Å². The number of pyridine rings is 1. The molecule has 6 nitrogen and oxygen atoms in total. The van der Waals surface area contributed by atoms with E-state index in [1.165, 1.54) is 11.8 Å². The van der Waals surface area contributed by atoms with Gasteiger partial charge in [0.05, 0.1) is 17.2 Å². The highest BCUT2D eigenvalue weighted by molar-refractivity contribution is 8.01. The fourth-order valence-corrected chi connectivity index (χ4v) is 6.89. The Bertz CT molecular complexity index is 1060.